The van der Waals surface area contributed by atoms with Gasteiger partial charge in [-0.25, -0.2) is 0 Å². The Kier molecular flexibility index (Phi) is 4.47. The minimum atomic E-state index is 0.908. The number of fused-ring (bicyclic) bond motifs is 3. The summed E-state index contributed by atoms with van der Waals surface area (Å²) < 4.78 is 5.93. The van der Waals surface area contributed by atoms with Crippen LogP contribution in [0.1, 0.15) is 0 Å². The third-order valence-electron chi connectivity index (χ3n) is 5.88. The van der Waals surface area contributed by atoms with Gasteiger partial charge in [0.25, 0.3) is 0 Å². The summed E-state index contributed by atoms with van der Waals surface area (Å²) in [5.74, 6) is 0. The third kappa shape index (κ3) is 3.42. The lowest BCUT2D eigenvalue weighted by molar-refractivity contribution is 0.669. The first kappa shape index (κ1) is 18.5. The molecule has 2 nitrogen and oxygen atoms in total. The summed E-state index contributed by atoms with van der Waals surface area (Å²) in [4.78, 5) is 0. The van der Waals surface area contributed by atoms with Crippen molar-refractivity contribution in [1.82, 2.24) is 0 Å². The number of nitrogens with one attached hydrogen (secondary N) is 1. The SMILES string of the molecule is c1ccc(-c2ccc(-c3ccc(Nc4ccc5oc6ccccc6c5c4)cc3)cc2)cc1. The number of hydrogen-bond donors (Lipinski definition) is 1. The molecule has 0 unspecified atom stereocenters. The predicted octanol–water partition coefficient (Wildman–Crippen LogP) is 8.66. The number of rotatable bonds is 4. The smallest absolute Gasteiger partial charge is 0.135 e. The second-order valence-corrected chi connectivity index (χ2v) is 7.95. The topological polar surface area (TPSA) is 25.2 Å². The summed E-state index contributed by atoms with van der Waals surface area (Å²) in [7, 11) is 0. The summed E-state index contributed by atoms with van der Waals surface area (Å²) in [5.41, 5.74) is 8.81. The molecule has 5 aromatic carbocycles. The lowest BCUT2D eigenvalue weighted by Gasteiger charge is -2.09. The van der Waals surface area contributed by atoms with E-state index in [1.807, 2.05) is 30.3 Å². The van der Waals surface area contributed by atoms with Crippen molar-refractivity contribution < 1.29 is 4.42 Å². The molecular formula is C30H21NO. The Morgan fingerprint density at radius 1 is 0.406 bits per heavy atom. The maximum Gasteiger partial charge on any atom is 0.135 e. The van der Waals surface area contributed by atoms with Crippen molar-refractivity contribution in [3.8, 4) is 22.3 Å². The summed E-state index contributed by atoms with van der Waals surface area (Å²) in [6.45, 7) is 0. The van der Waals surface area contributed by atoms with Crippen LogP contribution in [0.5, 0.6) is 0 Å². The first-order valence-corrected chi connectivity index (χ1v) is 10.8. The molecule has 0 radical (unpaired) electrons. The average Bonchev–Trinajstić information content (AvgIpc) is 3.23. The predicted molar refractivity (Wildman–Crippen MR) is 134 cm³/mol. The molecule has 0 atom stereocenters. The number of anilines is 2. The number of benzene rings is 5. The van der Waals surface area contributed by atoms with Gasteiger partial charge in [-0.1, -0.05) is 84.9 Å². The summed E-state index contributed by atoms with van der Waals surface area (Å²) >= 11 is 0. The summed E-state index contributed by atoms with van der Waals surface area (Å²) in [5, 5.41) is 5.78. The number of furan rings is 1. The molecule has 0 amide bonds. The lowest BCUT2D eigenvalue weighted by atomic mass is 10.0. The van der Waals surface area contributed by atoms with Crippen molar-refractivity contribution in [2.24, 2.45) is 0 Å². The molecule has 32 heavy (non-hydrogen) atoms. The van der Waals surface area contributed by atoms with Crippen LogP contribution in [0.2, 0.25) is 0 Å². The van der Waals surface area contributed by atoms with Crippen molar-refractivity contribution in [2.45, 2.75) is 0 Å². The fraction of sp³-hybridized carbons (Fsp3) is 0. The molecule has 1 aromatic heterocycles. The number of hydrogen-bond acceptors (Lipinski definition) is 2. The first-order chi connectivity index (χ1) is 15.8. The van der Waals surface area contributed by atoms with Gasteiger partial charge in [-0.2, -0.15) is 0 Å². The van der Waals surface area contributed by atoms with E-state index in [1.165, 1.54) is 22.3 Å². The van der Waals surface area contributed by atoms with Gasteiger partial charge in [0, 0.05) is 22.1 Å². The van der Waals surface area contributed by atoms with Gasteiger partial charge in [-0.15, -0.1) is 0 Å². The molecule has 0 aliphatic carbocycles. The van der Waals surface area contributed by atoms with Crippen molar-refractivity contribution >= 4 is 33.3 Å². The molecule has 0 saturated heterocycles. The zero-order valence-corrected chi connectivity index (χ0v) is 17.5. The molecular weight excluding hydrogens is 390 g/mol. The Morgan fingerprint density at radius 3 is 1.66 bits per heavy atom. The van der Waals surface area contributed by atoms with Gasteiger partial charge in [0.2, 0.25) is 0 Å². The molecule has 6 aromatic rings. The van der Waals surface area contributed by atoms with Crippen LogP contribution in [-0.4, -0.2) is 0 Å². The lowest BCUT2D eigenvalue weighted by Crippen LogP contribution is -1.90. The molecule has 1 N–H and O–H groups in total. The van der Waals surface area contributed by atoms with Crippen LogP contribution in [0.15, 0.2) is 126 Å². The van der Waals surface area contributed by atoms with Crippen LogP contribution in [0.25, 0.3) is 44.2 Å². The normalized spacial score (nSPS) is 11.1. The largest absolute Gasteiger partial charge is 0.456 e. The minimum Gasteiger partial charge on any atom is -0.456 e. The van der Waals surface area contributed by atoms with Gasteiger partial charge in [-0.3, -0.25) is 0 Å². The fourth-order valence-corrected chi connectivity index (χ4v) is 4.20. The molecule has 2 heteroatoms. The highest BCUT2D eigenvalue weighted by atomic mass is 16.3. The standard InChI is InChI=1S/C30H21NO/c1-2-6-21(7-3-1)22-10-12-23(13-11-22)24-14-16-25(17-15-24)31-26-18-19-30-28(20-26)27-8-4-5-9-29(27)32-30/h1-20,31H. The maximum atomic E-state index is 5.93. The molecule has 6 rings (SSSR count). The van der Waals surface area contributed by atoms with E-state index >= 15 is 0 Å². The van der Waals surface area contributed by atoms with Crippen LogP contribution in [0.4, 0.5) is 11.4 Å². The average molecular weight is 412 g/mol. The Hall–Kier alpha value is -4.30. The molecule has 0 saturated carbocycles. The molecule has 1 heterocycles. The van der Waals surface area contributed by atoms with Crippen molar-refractivity contribution in [1.29, 1.82) is 0 Å². The summed E-state index contributed by atoms with van der Waals surface area (Å²) in [6.07, 6.45) is 0. The second-order valence-electron chi connectivity index (χ2n) is 7.95. The zero-order valence-electron chi connectivity index (χ0n) is 17.5. The van der Waals surface area contributed by atoms with Gasteiger partial charge in [0.15, 0.2) is 0 Å². The Bertz CT molecular complexity index is 1510. The highest BCUT2D eigenvalue weighted by molar-refractivity contribution is 6.06. The first-order valence-electron chi connectivity index (χ1n) is 10.8. The quantitative estimate of drug-likeness (QED) is 0.314. The van der Waals surface area contributed by atoms with Gasteiger partial charge in [-0.05, 0) is 58.7 Å². The van der Waals surface area contributed by atoms with Crippen molar-refractivity contribution in [3.63, 3.8) is 0 Å². The highest BCUT2D eigenvalue weighted by Gasteiger charge is 2.07. The maximum absolute atomic E-state index is 5.93. The van der Waals surface area contributed by atoms with Gasteiger partial charge < -0.3 is 9.73 Å². The van der Waals surface area contributed by atoms with Crippen LogP contribution in [-0.2, 0) is 0 Å². The Balaban J connectivity index is 1.23. The van der Waals surface area contributed by atoms with E-state index in [0.717, 1.165) is 33.3 Å². The van der Waals surface area contributed by atoms with E-state index in [1.54, 1.807) is 0 Å². The Morgan fingerprint density at radius 2 is 0.938 bits per heavy atom. The number of para-hydroxylation sites is 1. The van der Waals surface area contributed by atoms with E-state index in [4.69, 9.17) is 4.42 Å². The highest BCUT2D eigenvalue weighted by Crippen LogP contribution is 2.32. The third-order valence-corrected chi connectivity index (χ3v) is 5.88. The van der Waals surface area contributed by atoms with Crippen LogP contribution < -0.4 is 5.32 Å². The van der Waals surface area contributed by atoms with Crippen LogP contribution in [0, 0.1) is 0 Å². The minimum absolute atomic E-state index is 0.908. The van der Waals surface area contributed by atoms with Crippen LogP contribution >= 0.6 is 0 Å². The van der Waals surface area contributed by atoms with Crippen LogP contribution in [0.3, 0.4) is 0 Å². The van der Waals surface area contributed by atoms with Gasteiger partial charge in [0.05, 0.1) is 0 Å². The molecule has 0 spiro atoms. The second kappa shape index (κ2) is 7.75. The monoisotopic (exact) mass is 411 g/mol. The molecule has 0 bridgehead atoms. The van der Waals surface area contributed by atoms with E-state index in [2.05, 4.69) is 96.3 Å². The summed E-state index contributed by atoms with van der Waals surface area (Å²) in [6, 6.07) is 42.1. The zero-order chi connectivity index (χ0) is 21.3. The van der Waals surface area contributed by atoms with Crippen molar-refractivity contribution in [3.05, 3.63) is 121 Å². The molecule has 152 valence electrons. The van der Waals surface area contributed by atoms with Crippen molar-refractivity contribution in [2.75, 3.05) is 5.32 Å². The molecule has 0 fully saturated rings. The molecule has 0 aliphatic rings. The molecule has 0 aliphatic heterocycles. The Labute approximate surface area is 186 Å². The van der Waals surface area contributed by atoms with E-state index in [9.17, 15) is 0 Å². The fourth-order valence-electron chi connectivity index (χ4n) is 4.20. The van der Waals surface area contributed by atoms with Gasteiger partial charge >= 0.3 is 0 Å². The van der Waals surface area contributed by atoms with E-state index < -0.39 is 0 Å². The van der Waals surface area contributed by atoms with Gasteiger partial charge in [0.1, 0.15) is 11.2 Å². The van der Waals surface area contributed by atoms with E-state index in [0.29, 0.717) is 0 Å². The van der Waals surface area contributed by atoms with E-state index in [-0.39, 0.29) is 0 Å².